The number of thiophene rings is 1. The minimum absolute atomic E-state index is 0. The number of sulfonamides is 1. The Morgan fingerprint density at radius 1 is 1.31 bits per heavy atom. The van der Waals surface area contributed by atoms with Gasteiger partial charge in [0.1, 0.15) is 4.21 Å². The molecule has 2 N–H and O–H groups in total. The Balaban J connectivity index is 0.00000243. The highest BCUT2D eigenvalue weighted by molar-refractivity contribution is 7.91. The van der Waals surface area contributed by atoms with Crippen LogP contribution in [0.1, 0.15) is 42.3 Å². The summed E-state index contributed by atoms with van der Waals surface area (Å²) in [5.74, 6) is 0.853. The van der Waals surface area contributed by atoms with E-state index in [-0.39, 0.29) is 22.5 Å². The van der Waals surface area contributed by atoms with Gasteiger partial charge in [0.05, 0.1) is 4.88 Å². The van der Waals surface area contributed by atoms with Crippen molar-refractivity contribution in [1.82, 2.24) is 14.9 Å². The van der Waals surface area contributed by atoms with Gasteiger partial charge in [-0.25, -0.2) is 8.42 Å². The highest BCUT2D eigenvalue weighted by Gasteiger charge is 2.29. The van der Waals surface area contributed by atoms with E-state index >= 15 is 0 Å². The van der Waals surface area contributed by atoms with Crippen molar-refractivity contribution in [3.63, 3.8) is 0 Å². The predicted octanol–water partition coefficient (Wildman–Crippen LogP) is 2.32. The monoisotopic (exact) mass is 421 g/mol. The quantitative estimate of drug-likeness (QED) is 0.764. The van der Waals surface area contributed by atoms with Crippen LogP contribution < -0.4 is 10.6 Å². The van der Waals surface area contributed by atoms with Gasteiger partial charge in [-0.2, -0.15) is 4.31 Å². The average Bonchev–Trinajstić information content (AvgIpc) is 3.12. The second kappa shape index (κ2) is 9.50. The summed E-state index contributed by atoms with van der Waals surface area (Å²) in [5, 5.41) is 6.27. The molecular weight excluding hydrogens is 394 g/mol. The first-order valence-corrected chi connectivity index (χ1v) is 11.3. The van der Waals surface area contributed by atoms with Crippen LogP contribution >= 0.6 is 23.7 Å². The molecule has 2 saturated heterocycles. The molecule has 2 aliphatic heterocycles. The van der Waals surface area contributed by atoms with Crippen molar-refractivity contribution in [2.75, 3.05) is 32.7 Å². The first kappa shape index (κ1) is 21.6. The van der Waals surface area contributed by atoms with Crippen LogP contribution in [0.25, 0.3) is 0 Å². The lowest BCUT2D eigenvalue weighted by Gasteiger charge is -2.28. The molecule has 1 unspecified atom stereocenters. The number of nitrogens with zero attached hydrogens (tertiary/aromatic N) is 1. The van der Waals surface area contributed by atoms with E-state index in [2.05, 4.69) is 17.6 Å². The Kier molecular flexibility index (Phi) is 7.90. The number of halogens is 1. The Morgan fingerprint density at radius 3 is 2.69 bits per heavy atom. The van der Waals surface area contributed by atoms with Crippen molar-refractivity contribution in [2.45, 2.75) is 36.8 Å². The summed E-state index contributed by atoms with van der Waals surface area (Å²) in [6, 6.07) is 3.19. The maximum atomic E-state index is 12.7. The van der Waals surface area contributed by atoms with Crippen molar-refractivity contribution in [1.29, 1.82) is 0 Å². The molecular formula is C17H28ClN3O3S2. The largest absolute Gasteiger partial charge is 0.351 e. The lowest BCUT2D eigenvalue weighted by molar-refractivity contribution is 0.0949. The third-order valence-corrected chi connectivity index (χ3v) is 8.54. The van der Waals surface area contributed by atoms with Crippen LogP contribution in [-0.2, 0) is 10.0 Å². The molecule has 0 spiro atoms. The molecule has 1 aromatic rings. The van der Waals surface area contributed by atoms with Gasteiger partial charge in [-0.15, -0.1) is 23.7 Å². The first-order valence-electron chi connectivity index (χ1n) is 9.05. The average molecular weight is 422 g/mol. The van der Waals surface area contributed by atoms with Crippen molar-refractivity contribution in [3.05, 3.63) is 17.0 Å². The zero-order valence-corrected chi connectivity index (χ0v) is 17.5. The molecule has 3 rings (SSSR count). The van der Waals surface area contributed by atoms with E-state index < -0.39 is 10.0 Å². The number of piperidine rings is 2. The lowest BCUT2D eigenvalue weighted by atomic mass is 10.00. The van der Waals surface area contributed by atoms with Crippen molar-refractivity contribution < 1.29 is 13.2 Å². The van der Waals surface area contributed by atoms with Crippen LogP contribution in [0.2, 0.25) is 0 Å². The molecule has 6 nitrogen and oxygen atoms in total. The Bertz CT molecular complexity index is 694. The second-order valence-electron chi connectivity index (χ2n) is 7.13. The van der Waals surface area contributed by atoms with E-state index in [0.29, 0.717) is 36.3 Å². The number of nitrogens with one attached hydrogen (secondary N) is 2. The molecule has 9 heteroatoms. The fourth-order valence-corrected chi connectivity index (χ4v) is 6.20. The van der Waals surface area contributed by atoms with E-state index in [4.69, 9.17) is 0 Å². The fraction of sp³-hybridized carbons (Fsp3) is 0.706. The van der Waals surface area contributed by atoms with E-state index in [1.54, 1.807) is 16.4 Å². The summed E-state index contributed by atoms with van der Waals surface area (Å²) in [5.41, 5.74) is 0. The fourth-order valence-electron chi connectivity index (χ4n) is 3.36. The molecule has 2 fully saturated rings. The highest BCUT2D eigenvalue weighted by Crippen LogP contribution is 2.28. The van der Waals surface area contributed by atoms with Gasteiger partial charge >= 0.3 is 0 Å². The summed E-state index contributed by atoms with van der Waals surface area (Å²) in [6.45, 7) is 5.90. The van der Waals surface area contributed by atoms with Gasteiger partial charge in [-0.1, -0.05) is 6.92 Å². The number of carbonyl (C=O) groups is 1. The molecule has 0 bridgehead atoms. The van der Waals surface area contributed by atoms with E-state index in [1.807, 2.05) is 0 Å². The van der Waals surface area contributed by atoms with Crippen LogP contribution in [0.4, 0.5) is 0 Å². The summed E-state index contributed by atoms with van der Waals surface area (Å²) in [7, 11) is -3.47. The third-order valence-electron chi connectivity index (χ3n) is 5.09. The normalized spacial score (nSPS) is 22.6. The van der Waals surface area contributed by atoms with Crippen molar-refractivity contribution in [3.8, 4) is 0 Å². The molecule has 0 saturated carbocycles. The number of hydrogen-bond acceptors (Lipinski definition) is 5. The van der Waals surface area contributed by atoms with Gasteiger partial charge in [0.25, 0.3) is 15.9 Å². The predicted molar refractivity (Wildman–Crippen MR) is 107 cm³/mol. The summed E-state index contributed by atoms with van der Waals surface area (Å²) >= 11 is 1.07. The van der Waals surface area contributed by atoms with E-state index in [1.165, 1.54) is 0 Å². The van der Waals surface area contributed by atoms with Crippen LogP contribution in [0.5, 0.6) is 0 Å². The zero-order chi connectivity index (χ0) is 17.9. The standard InChI is InChI=1S/C17H27N3O3S2.ClH/c1-13-6-9-20(10-7-13)25(22,23)16-5-4-15(24-16)17(21)19-12-14-3-2-8-18-11-14;/h4-5,13-14,18H,2-3,6-12H2,1H3,(H,19,21);1H. The molecule has 1 aromatic heterocycles. The minimum atomic E-state index is -3.47. The summed E-state index contributed by atoms with van der Waals surface area (Å²) in [4.78, 5) is 12.8. The number of carbonyl (C=O) groups excluding carboxylic acids is 1. The van der Waals surface area contributed by atoms with Gasteiger partial charge in [-0.3, -0.25) is 4.79 Å². The van der Waals surface area contributed by atoms with Gasteiger partial charge in [0.2, 0.25) is 0 Å². The number of hydrogen-bond donors (Lipinski definition) is 2. The van der Waals surface area contributed by atoms with Crippen LogP contribution in [-0.4, -0.2) is 51.4 Å². The van der Waals surface area contributed by atoms with Crippen molar-refractivity contribution >= 4 is 39.7 Å². The molecule has 3 heterocycles. The third kappa shape index (κ3) is 5.19. The number of rotatable bonds is 5. The molecule has 26 heavy (non-hydrogen) atoms. The van der Waals surface area contributed by atoms with E-state index in [9.17, 15) is 13.2 Å². The van der Waals surface area contributed by atoms with Gasteiger partial charge < -0.3 is 10.6 Å². The molecule has 1 atom stereocenters. The molecule has 0 radical (unpaired) electrons. The topological polar surface area (TPSA) is 78.5 Å². The highest BCUT2D eigenvalue weighted by atomic mass is 35.5. The molecule has 0 aliphatic carbocycles. The zero-order valence-electron chi connectivity index (χ0n) is 15.1. The van der Waals surface area contributed by atoms with Crippen LogP contribution in [0, 0.1) is 11.8 Å². The maximum Gasteiger partial charge on any atom is 0.261 e. The van der Waals surface area contributed by atoms with Gasteiger partial charge in [0, 0.05) is 19.6 Å². The SMILES string of the molecule is CC1CCN(S(=O)(=O)c2ccc(C(=O)NCC3CCCNC3)s2)CC1.Cl. The molecule has 0 aromatic carbocycles. The van der Waals surface area contributed by atoms with E-state index in [0.717, 1.165) is 50.1 Å². The van der Waals surface area contributed by atoms with Crippen LogP contribution in [0.3, 0.4) is 0 Å². The summed E-state index contributed by atoms with van der Waals surface area (Å²) < 4.78 is 27.3. The Morgan fingerprint density at radius 2 is 2.04 bits per heavy atom. The lowest BCUT2D eigenvalue weighted by Crippen LogP contribution is -2.38. The first-order chi connectivity index (χ1) is 12.0. The maximum absolute atomic E-state index is 12.7. The Hall–Kier alpha value is -0.670. The smallest absolute Gasteiger partial charge is 0.261 e. The Labute approximate surface area is 166 Å². The molecule has 148 valence electrons. The summed E-state index contributed by atoms with van der Waals surface area (Å²) in [6.07, 6.45) is 4.04. The molecule has 1 amide bonds. The van der Waals surface area contributed by atoms with Crippen molar-refractivity contribution in [2.24, 2.45) is 11.8 Å². The van der Waals surface area contributed by atoms with Crippen LogP contribution in [0.15, 0.2) is 16.3 Å². The molecule has 2 aliphatic rings. The second-order valence-corrected chi connectivity index (χ2v) is 10.4. The minimum Gasteiger partial charge on any atom is -0.351 e. The number of amides is 1. The van der Waals surface area contributed by atoms with Gasteiger partial charge in [0.15, 0.2) is 0 Å². The van der Waals surface area contributed by atoms with Gasteiger partial charge in [-0.05, 0) is 62.7 Å².